The molecule has 358 valence electrons. The molecule has 16 heteroatoms. The van der Waals surface area contributed by atoms with Crippen molar-refractivity contribution in [3.63, 3.8) is 0 Å². The third-order valence-electron chi connectivity index (χ3n) is 13.9. The van der Waals surface area contributed by atoms with E-state index in [-0.39, 0.29) is 55.2 Å². The zero-order valence-corrected chi connectivity index (χ0v) is 40.1. The van der Waals surface area contributed by atoms with Crippen LogP contribution in [0.1, 0.15) is 90.2 Å². The Morgan fingerprint density at radius 3 is 2.52 bits per heavy atom. The van der Waals surface area contributed by atoms with E-state index < -0.39 is 47.4 Å². The van der Waals surface area contributed by atoms with Crippen LogP contribution in [0.2, 0.25) is 0 Å². The Morgan fingerprint density at radius 2 is 1.81 bits per heavy atom. The molecule has 0 aliphatic carbocycles. The lowest BCUT2D eigenvalue weighted by molar-refractivity contribution is -0.155. The minimum absolute atomic E-state index is 0.0115. The number of rotatable bonds is 10. The quantitative estimate of drug-likeness (QED) is 0.125. The number of pyridine rings is 1. The van der Waals surface area contributed by atoms with E-state index in [1.165, 1.54) is 9.91 Å². The van der Waals surface area contributed by atoms with E-state index in [0.717, 1.165) is 39.0 Å². The van der Waals surface area contributed by atoms with Crippen molar-refractivity contribution in [3.8, 4) is 28.1 Å². The van der Waals surface area contributed by atoms with E-state index in [1.54, 1.807) is 37.4 Å². The molecule has 6 atom stereocenters. The van der Waals surface area contributed by atoms with Crippen molar-refractivity contribution in [2.24, 2.45) is 11.3 Å². The first-order valence-electron chi connectivity index (χ1n) is 23.8. The fraction of sp³-hybridized carbons (Fsp3) is 0.529. The summed E-state index contributed by atoms with van der Waals surface area (Å²) in [4.78, 5) is 78.4. The number of fused-ring (bicyclic) bond motifs is 6. The molecule has 0 radical (unpaired) electrons. The summed E-state index contributed by atoms with van der Waals surface area (Å²) in [5, 5.41) is 19.8. The molecular weight excluding hydrogens is 853 g/mol. The van der Waals surface area contributed by atoms with E-state index in [1.807, 2.05) is 39.0 Å². The van der Waals surface area contributed by atoms with Crippen molar-refractivity contribution in [3.05, 3.63) is 71.5 Å². The van der Waals surface area contributed by atoms with Gasteiger partial charge in [0.1, 0.15) is 29.9 Å². The maximum absolute atomic E-state index is 14.8. The van der Waals surface area contributed by atoms with Crippen LogP contribution >= 0.6 is 0 Å². The summed E-state index contributed by atoms with van der Waals surface area (Å²) in [5.74, 6) is -2.31. The summed E-state index contributed by atoms with van der Waals surface area (Å²) in [7, 11) is 3.25. The number of hydrogen-bond donors (Lipinski definition) is 4. The number of likely N-dealkylation sites (N-methyl/N-ethyl adjacent to an activating group) is 1. The standard InChI is InChI=1S/C51H66N8O8/c1-9-57-41-17-16-32-25-36(41)37(45(57)35-13-10-18-52-43(35)30(4)66-8)26-51(5,6)28-67-50(65)38-14-11-20-59(55-38)48(63)39(23-31-21-33(32)24-34(60)22-31)54-46(61)44(29(2)3)56(7)49(64)42-15-12-19-58(42)47(62)40-27-53-40/h10,13,16-18,21-22,24-25,29-30,38-40,42,44,53,55,60H,9,11-12,14-15,19-20,23,26-28H2,1-8H3,(H,54,61)/t30-,38-,39-,40+,42+,44?/m0/s1. The highest BCUT2D eigenvalue weighted by molar-refractivity contribution is 5.97. The number of phenols is 1. The summed E-state index contributed by atoms with van der Waals surface area (Å²) >= 11 is 0. The number of nitrogens with one attached hydrogen (secondary N) is 3. The van der Waals surface area contributed by atoms with Gasteiger partial charge in [-0.25, -0.2) is 5.43 Å². The number of hydrazine groups is 1. The van der Waals surface area contributed by atoms with Crippen molar-refractivity contribution < 1.29 is 38.6 Å². The van der Waals surface area contributed by atoms with Crippen LogP contribution < -0.4 is 16.1 Å². The van der Waals surface area contributed by atoms with Gasteiger partial charge in [-0.2, -0.15) is 0 Å². The first-order chi connectivity index (χ1) is 32.0. The number of amides is 4. The van der Waals surface area contributed by atoms with E-state index in [0.29, 0.717) is 62.9 Å². The van der Waals surface area contributed by atoms with Gasteiger partial charge in [0.05, 0.1) is 30.1 Å². The molecule has 67 heavy (non-hydrogen) atoms. The van der Waals surface area contributed by atoms with Crippen molar-refractivity contribution in [1.82, 2.24) is 40.4 Å². The molecule has 2 aromatic carbocycles. The molecule has 16 nitrogen and oxygen atoms in total. The van der Waals surface area contributed by atoms with Gasteiger partial charge in [-0.1, -0.05) is 39.8 Å². The number of methoxy groups -OCH3 is 1. The lowest BCUT2D eigenvalue weighted by atomic mass is 9.84. The lowest BCUT2D eigenvalue weighted by Crippen LogP contribution is -2.62. The minimum Gasteiger partial charge on any atom is -0.508 e. The van der Waals surface area contributed by atoms with E-state index in [4.69, 9.17) is 14.5 Å². The average Bonchev–Trinajstić information content (AvgIpc) is 3.97. The molecular formula is C51H66N8O8. The number of benzene rings is 2. The van der Waals surface area contributed by atoms with Crippen molar-refractivity contribution in [1.29, 1.82) is 0 Å². The van der Waals surface area contributed by atoms with Crippen LogP contribution in [0, 0.1) is 11.3 Å². The average molecular weight is 919 g/mol. The molecule has 4 aromatic rings. The van der Waals surface area contributed by atoms with Crippen LogP contribution in [0.5, 0.6) is 5.75 Å². The molecule has 4 N–H and O–H groups in total. The molecule has 6 heterocycles. The number of ether oxygens (including phenoxy) is 2. The minimum atomic E-state index is -1.17. The topological polar surface area (TPSA) is 198 Å². The number of carbonyl (C=O) groups is 5. The predicted molar refractivity (Wildman–Crippen MR) is 253 cm³/mol. The maximum Gasteiger partial charge on any atom is 0.324 e. The van der Waals surface area contributed by atoms with Gasteiger partial charge in [0, 0.05) is 74.8 Å². The molecule has 8 rings (SSSR count). The summed E-state index contributed by atoms with van der Waals surface area (Å²) in [6.45, 7) is 14.0. The molecule has 4 aliphatic rings. The van der Waals surface area contributed by atoms with Gasteiger partial charge < -0.3 is 39.6 Å². The number of cyclic esters (lactones) is 1. The van der Waals surface area contributed by atoms with Crippen molar-refractivity contribution in [2.75, 3.05) is 40.4 Å². The Balaban J connectivity index is 1.20. The van der Waals surface area contributed by atoms with Gasteiger partial charge >= 0.3 is 5.97 Å². The van der Waals surface area contributed by atoms with Crippen LogP contribution in [-0.2, 0) is 52.8 Å². The highest BCUT2D eigenvalue weighted by Gasteiger charge is 2.44. The zero-order valence-electron chi connectivity index (χ0n) is 40.1. The Bertz CT molecular complexity index is 2550. The summed E-state index contributed by atoms with van der Waals surface area (Å²) < 4.78 is 14.2. The van der Waals surface area contributed by atoms with E-state index in [2.05, 4.69) is 59.6 Å². The number of aromatic hydroxyl groups is 1. The summed E-state index contributed by atoms with van der Waals surface area (Å²) in [6.07, 6.45) is 4.14. The second-order valence-electron chi connectivity index (χ2n) is 19.8. The molecule has 2 aromatic heterocycles. The molecule has 4 aliphatic heterocycles. The summed E-state index contributed by atoms with van der Waals surface area (Å²) in [5.41, 5.74) is 9.54. The number of aromatic nitrogens is 2. The Labute approximate surface area is 392 Å². The molecule has 3 saturated heterocycles. The van der Waals surface area contributed by atoms with Gasteiger partial charge in [0.25, 0.3) is 5.91 Å². The van der Waals surface area contributed by atoms with Crippen LogP contribution in [0.4, 0.5) is 0 Å². The van der Waals surface area contributed by atoms with Gasteiger partial charge in [-0.05, 0) is 111 Å². The molecule has 3 fully saturated rings. The molecule has 0 spiro atoms. The largest absolute Gasteiger partial charge is 0.508 e. The predicted octanol–water partition coefficient (Wildman–Crippen LogP) is 4.90. The molecule has 6 bridgehead atoms. The third-order valence-corrected chi connectivity index (χ3v) is 13.9. The number of phenolic OH excluding ortho intramolecular Hbond substituents is 1. The second kappa shape index (κ2) is 19.4. The Hall–Kier alpha value is -5.84. The van der Waals surface area contributed by atoms with Crippen molar-refractivity contribution in [2.45, 2.75) is 123 Å². The number of hydrogen-bond acceptors (Lipinski definition) is 11. The van der Waals surface area contributed by atoms with E-state index in [9.17, 15) is 29.1 Å². The summed E-state index contributed by atoms with van der Waals surface area (Å²) in [6, 6.07) is 11.5. The van der Waals surface area contributed by atoms with Gasteiger partial charge in [-0.3, -0.25) is 34.0 Å². The zero-order chi connectivity index (χ0) is 47.9. The fourth-order valence-electron chi connectivity index (χ4n) is 10.3. The van der Waals surface area contributed by atoms with Crippen LogP contribution in [0.15, 0.2) is 54.7 Å². The van der Waals surface area contributed by atoms with Crippen molar-refractivity contribution >= 4 is 40.5 Å². The number of nitrogens with zero attached hydrogens (tertiary/aromatic N) is 5. The van der Waals surface area contributed by atoms with Gasteiger partial charge in [0.2, 0.25) is 17.7 Å². The fourth-order valence-corrected chi connectivity index (χ4v) is 10.3. The second-order valence-corrected chi connectivity index (χ2v) is 19.8. The first-order valence-corrected chi connectivity index (χ1v) is 23.8. The molecule has 0 saturated carbocycles. The lowest BCUT2D eigenvalue weighted by Gasteiger charge is -2.37. The van der Waals surface area contributed by atoms with Crippen LogP contribution in [0.3, 0.4) is 0 Å². The Kier molecular flexibility index (Phi) is 13.8. The number of carbonyl (C=O) groups excluding carboxylic acids is 5. The van der Waals surface area contributed by atoms with Gasteiger partial charge in [0.15, 0.2) is 0 Å². The van der Waals surface area contributed by atoms with Gasteiger partial charge in [-0.15, -0.1) is 0 Å². The van der Waals surface area contributed by atoms with Crippen LogP contribution in [-0.4, -0.2) is 130 Å². The maximum atomic E-state index is 14.8. The first kappa shape index (κ1) is 47.6. The monoisotopic (exact) mass is 919 g/mol. The smallest absolute Gasteiger partial charge is 0.324 e. The third kappa shape index (κ3) is 9.79. The Morgan fingerprint density at radius 1 is 1.04 bits per heavy atom. The SMILES string of the molecule is CCn1c(-c2cccnc2[C@H](C)OC)c2c3cc(ccc31)-c1cc(O)cc(c1)C[C@H](NC(=O)C(C(C)C)N(C)C(=O)[C@H]1CCCN1C(=O)[C@H]1CN1)C(=O)N1CCC[C@H](N1)C(=O)OCC(C)(C)C2. The van der Waals surface area contributed by atoms with E-state index >= 15 is 0 Å². The number of esters is 1. The number of likely N-dealkylation sites (tertiary alicyclic amines) is 1. The normalized spacial score (nSPS) is 22.8. The molecule has 4 amide bonds. The highest BCUT2D eigenvalue weighted by atomic mass is 16.5. The van der Waals surface area contributed by atoms with Crippen LogP contribution in [0.25, 0.3) is 33.3 Å². The molecule has 1 unspecified atom stereocenters. The number of aryl methyl sites for hydroxylation is 1. The highest BCUT2D eigenvalue weighted by Crippen LogP contribution is 2.42.